The van der Waals surface area contributed by atoms with Gasteiger partial charge in [0.15, 0.2) is 11.5 Å². The number of likely N-dealkylation sites (N-methyl/N-ethyl adjacent to an activating group) is 2. The summed E-state index contributed by atoms with van der Waals surface area (Å²) in [6.07, 6.45) is 6.68. The Morgan fingerprint density at radius 2 is 1.31 bits per heavy atom. The van der Waals surface area contributed by atoms with Crippen LogP contribution < -0.4 is 19.6 Å². The van der Waals surface area contributed by atoms with Crippen molar-refractivity contribution in [3.63, 3.8) is 0 Å². The van der Waals surface area contributed by atoms with Crippen molar-refractivity contribution in [2.24, 2.45) is 11.3 Å². The fraction of sp³-hybridized carbons (Fsp3) is 0.500. The average molecular weight is 1240 g/mol. The maximum absolute atomic E-state index is 15.2. The van der Waals surface area contributed by atoms with Crippen LogP contribution in [-0.4, -0.2) is 170 Å². The Morgan fingerprint density at radius 1 is 0.644 bits per heavy atom. The standard InChI is InChI=1S/C70H90N6O14/c1-47(2)42-55-63(79)57(77)37-41-88-52-29-22-28-51(45-52)58(35-33-49-34-36-59(86-8)60(44-49)87-9)90-69(85)54-30-19-21-39-76(54)68(84)64(80)70(3,4)46-89-61(78)32-18-10-11-20-38-72(5)71-62(50-26-16-13-17-27-50)67(83)74(7)56(43-48-24-14-12-15-25-48)66(82)75-40-23-31-53(75)65(81)73(55)6/h12-18,22,24-29,32,34,36,44-45,47,53-56,58,62,71H,10-11,19-21,23,30-31,33,35,37-43,46H2,1-9H3/t53-,54+,55+,56+,58-,62?/m1/s1. The number of ketones is 3. The molecule has 0 radical (unpaired) electrons. The predicted molar refractivity (Wildman–Crippen MR) is 338 cm³/mol. The van der Waals surface area contributed by atoms with E-state index in [0.717, 1.165) is 11.1 Å². The molecular weight excluding hydrogens is 1150 g/mol. The van der Waals surface area contributed by atoms with Crippen LogP contribution in [0.15, 0.2) is 115 Å². The molecule has 2 bridgehead atoms. The van der Waals surface area contributed by atoms with Crippen LogP contribution in [0.2, 0.25) is 0 Å². The van der Waals surface area contributed by atoms with Crippen molar-refractivity contribution in [1.82, 2.24) is 30.0 Å². The summed E-state index contributed by atoms with van der Waals surface area (Å²) in [6, 6.07) is 25.6. The lowest BCUT2D eigenvalue weighted by Crippen LogP contribution is -2.58. The van der Waals surface area contributed by atoms with Crippen LogP contribution in [0.5, 0.6) is 17.2 Å². The number of allylic oxidation sites excluding steroid dienone is 1. The number of benzene rings is 4. The third kappa shape index (κ3) is 18.5. The van der Waals surface area contributed by atoms with E-state index in [9.17, 15) is 33.6 Å². The van der Waals surface area contributed by atoms with Gasteiger partial charge in [-0.15, -0.1) is 0 Å². The number of aryl methyl sites for hydroxylation is 1. The highest BCUT2D eigenvalue weighted by Gasteiger charge is 2.45. The van der Waals surface area contributed by atoms with E-state index in [1.165, 1.54) is 60.8 Å². The average Bonchev–Trinajstić information content (AvgIpc) is 1.58. The summed E-state index contributed by atoms with van der Waals surface area (Å²) in [5, 5.41) is 1.82. The predicted octanol–water partition coefficient (Wildman–Crippen LogP) is 8.20. The molecule has 3 aliphatic rings. The zero-order valence-corrected chi connectivity index (χ0v) is 53.7. The van der Waals surface area contributed by atoms with Gasteiger partial charge in [-0.05, 0) is 137 Å². The number of ether oxygens (including phenoxy) is 5. The molecule has 0 saturated carbocycles. The van der Waals surface area contributed by atoms with E-state index >= 15 is 9.59 Å². The minimum Gasteiger partial charge on any atom is -0.493 e. The normalized spacial score (nSPS) is 23.4. The molecule has 4 amide bonds. The van der Waals surface area contributed by atoms with Crippen molar-refractivity contribution < 1.29 is 66.8 Å². The molecule has 4 aromatic rings. The molecule has 0 spiro atoms. The maximum Gasteiger partial charge on any atom is 0.330 e. The van der Waals surface area contributed by atoms with E-state index in [1.54, 1.807) is 43.5 Å². The summed E-state index contributed by atoms with van der Waals surface area (Å²) in [5.41, 5.74) is 4.77. The first kappa shape index (κ1) is 69.2. The second kappa shape index (κ2) is 33.0. The number of nitrogens with one attached hydrogen (secondary N) is 1. The largest absolute Gasteiger partial charge is 0.493 e. The van der Waals surface area contributed by atoms with Crippen molar-refractivity contribution in [2.45, 2.75) is 147 Å². The van der Waals surface area contributed by atoms with Gasteiger partial charge < -0.3 is 43.3 Å². The number of fused-ring (bicyclic) bond motifs is 4. The van der Waals surface area contributed by atoms with E-state index in [-0.39, 0.29) is 63.6 Å². The van der Waals surface area contributed by atoms with Gasteiger partial charge in [0.25, 0.3) is 5.91 Å². The summed E-state index contributed by atoms with van der Waals surface area (Å²) in [4.78, 5) is 135. The maximum atomic E-state index is 15.2. The number of nitrogens with zero attached hydrogens (tertiary/aromatic N) is 5. The molecule has 1 N–H and O–H groups in total. The zero-order valence-electron chi connectivity index (χ0n) is 53.7. The van der Waals surface area contributed by atoms with Gasteiger partial charge in [-0.2, -0.15) is 0 Å². The lowest BCUT2D eigenvalue weighted by Gasteiger charge is -2.37. The number of hydrazine groups is 1. The van der Waals surface area contributed by atoms with Crippen molar-refractivity contribution in [3.8, 4) is 17.2 Å². The molecule has 20 nitrogen and oxygen atoms in total. The second-order valence-electron chi connectivity index (χ2n) is 24.7. The third-order valence-electron chi connectivity index (χ3n) is 17.0. The van der Waals surface area contributed by atoms with Crippen LogP contribution in [0.3, 0.4) is 0 Å². The van der Waals surface area contributed by atoms with Crippen LogP contribution in [0.1, 0.15) is 133 Å². The van der Waals surface area contributed by atoms with Gasteiger partial charge in [-0.1, -0.05) is 98.8 Å². The van der Waals surface area contributed by atoms with Gasteiger partial charge in [-0.25, -0.2) is 20.0 Å². The number of carbonyl (C=O) groups is 9. The summed E-state index contributed by atoms with van der Waals surface area (Å²) in [7, 11) is 7.99. The van der Waals surface area contributed by atoms with Gasteiger partial charge in [0.2, 0.25) is 35.1 Å². The second-order valence-corrected chi connectivity index (χ2v) is 24.7. The van der Waals surface area contributed by atoms with Gasteiger partial charge in [0.1, 0.15) is 42.6 Å². The van der Waals surface area contributed by atoms with Crippen molar-refractivity contribution in [3.05, 3.63) is 138 Å². The molecule has 3 aliphatic heterocycles. The summed E-state index contributed by atoms with van der Waals surface area (Å²) in [5.74, 6) is -4.71. The van der Waals surface area contributed by atoms with Gasteiger partial charge >= 0.3 is 11.9 Å². The van der Waals surface area contributed by atoms with Crippen LogP contribution in [-0.2, 0) is 65.5 Å². The number of piperidine rings is 1. The molecule has 7 rings (SSSR count). The molecule has 90 heavy (non-hydrogen) atoms. The number of carbonyl (C=O) groups excluding carboxylic acids is 9. The molecule has 0 aromatic heterocycles. The fourth-order valence-corrected chi connectivity index (χ4v) is 11.8. The molecule has 1 unspecified atom stereocenters. The number of hydrogen-bond acceptors (Lipinski definition) is 16. The van der Waals surface area contributed by atoms with Crippen molar-refractivity contribution in [2.75, 3.05) is 68.2 Å². The number of esters is 2. The first-order valence-corrected chi connectivity index (χ1v) is 31.4. The highest BCUT2D eigenvalue weighted by atomic mass is 16.5. The molecule has 4 aromatic carbocycles. The Hall–Kier alpha value is -8.23. The van der Waals surface area contributed by atoms with Gasteiger partial charge in [0.05, 0.1) is 32.3 Å². The van der Waals surface area contributed by atoms with Crippen LogP contribution >= 0.6 is 0 Å². The quantitative estimate of drug-likeness (QED) is 0.117. The highest BCUT2D eigenvalue weighted by Crippen LogP contribution is 2.34. The minimum absolute atomic E-state index is 0.115. The molecule has 2 saturated heterocycles. The molecular formula is C70H90N6O14. The summed E-state index contributed by atoms with van der Waals surface area (Å²) < 4.78 is 29.1. The summed E-state index contributed by atoms with van der Waals surface area (Å²) in [6.45, 7) is 7.06. The van der Waals surface area contributed by atoms with E-state index in [4.69, 9.17) is 23.7 Å². The highest BCUT2D eigenvalue weighted by molar-refractivity contribution is 6.39. The monoisotopic (exact) mass is 1240 g/mol. The first-order chi connectivity index (χ1) is 43.1. The number of methoxy groups -OCH3 is 2. The van der Waals surface area contributed by atoms with Crippen LogP contribution in [0.25, 0.3) is 0 Å². The van der Waals surface area contributed by atoms with E-state index in [1.807, 2.05) is 98.7 Å². The minimum atomic E-state index is -1.45. The number of cyclic esters (lactones) is 2. The van der Waals surface area contributed by atoms with Gasteiger partial charge in [0, 0.05) is 59.7 Å². The number of amides is 4. The number of rotatable bonds is 10. The third-order valence-corrected chi connectivity index (χ3v) is 17.0. The molecule has 484 valence electrons. The Labute approximate surface area is 529 Å². The molecule has 2 fully saturated rings. The van der Waals surface area contributed by atoms with Crippen LogP contribution in [0.4, 0.5) is 0 Å². The van der Waals surface area contributed by atoms with E-state index in [2.05, 4.69) is 5.43 Å². The molecule has 3 heterocycles. The fourth-order valence-electron chi connectivity index (χ4n) is 11.8. The lowest BCUT2D eigenvalue weighted by atomic mass is 9.87. The Balaban J connectivity index is 1.18. The molecule has 20 heteroatoms. The lowest BCUT2D eigenvalue weighted by molar-refractivity contribution is -0.165. The van der Waals surface area contributed by atoms with E-state index in [0.29, 0.717) is 86.3 Å². The SMILES string of the molecule is COc1ccc(CC[C@H]2OC(=O)[C@@H]3CCCCN3C(=O)C(=O)C(C)(C)COC(=O)C=CCCCCN(C)NC(c3ccccc3)C(=O)N(C)[C@@H](Cc3ccccc3)C(=O)N3CCC[C@@H]3C(=O)N(C)[C@@H](CC(C)C)C(=O)C(=O)CCOc3cccc2c3)cc1OC. The topological polar surface area (TPSA) is 228 Å². The molecule has 0 aliphatic carbocycles. The van der Waals surface area contributed by atoms with Crippen molar-refractivity contribution in [1.29, 1.82) is 0 Å². The zero-order chi connectivity index (χ0) is 65.1. The van der Waals surface area contributed by atoms with Crippen molar-refractivity contribution >= 4 is 52.9 Å². The van der Waals surface area contributed by atoms with Gasteiger partial charge in [-0.3, -0.25) is 33.6 Å². The Morgan fingerprint density at radius 3 is 2.02 bits per heavy atom. The number of Topliss-reactive ketones (excluding diaryl/α,β-unsaturated/α-hetero) is 3. The van der Waals surface area contributed by atoms with Crippen LogP contribution in [0, 0.1) is 11.3 Å². The Kier molecular flexibility index (Phi) is 25.4. The number of hydrogen-bond donors (Lipinski definition) is 1. The first-order valence-electron chi connectivity index (χ1n) is 31.4. The summed E-state index contributed by atoms with van der Waals surface area (Å²) >= 11 is 0. The Bertz CT molecular complexity index is 3170. The smallest absolute Gasteiger partial charge is 0.330 e. The van der Waals surface area contributed by atoms with E-state index < -0.39 is 95.3 Å². The molecule has 6 atom stereocenters.